The fourth-order valence-electron chi connectivity index (χ4n) is 2.67. The van der Waals surface area contributed by atoms with Crippen molar-refractivity contribution in [2.45, 2.75) is 12.8 Å². The lowest BCUT2D eigenvalue weighted by Crippen LogP contribution is -2.50. The molecule has 3 aromatic heterocycles. The van der Waals surface area contributed by atoms with E-state index < -0.39 is 22.6 Å². The Morgan fingerprint density at radius 3 is 2.29 bits per heavy atom. The molecule has 0 aliphatic carbocycles. The van der Waals surface area contributed by atoms with Crippen LogP contribution in [0.15, 0.2) is 47.9 Å². The second-order valence-electron chi connectivity index (χ2n) is 5.95. The Hall–Kier alpha value is -2.43. The minimum absolute atomic E-state index is 0.144. The van der Waals surface area contributed by atoms with Crippen molar-refractivity contribution >= 4 is 57.9 Å². The first-order valence-corrected chi connectivity index (χ1v) is 10.8. The monoisotopic (exact) mass is 432 g/mol. The van der Waals surface area contributed by atoms with E-state index in [0.717, 1.165) is 20.7 Å². The highest BCUT2D eigenvalue weighted by Crippen LogP contribution is 2.39. The molecule has 0 bridgehead atoms. The Labute approximate surface area is 172 Å². The van der Waals surface area contributed by atoms with Gasteiger partial charge in [-0.05, 0) is 41.8 Å². The Balaban J connectivity index is 1.44. The van der Waals surface area contributed by atoms with Crippen molar-refractivity contribution in [2.75, 3.05) is 0 Å². The van der Waals surface area contributed by atoms with Crippen LogP contribution in [0.3, 0.4) is 0 Å². The van der Waals surface area contributed by atoms with Crippen LogP contribution in [0.1, 0.15) is 17.7 Å². The number of quaternary nitrogens is 1. The Morgan fingerprint density at radius 1 is 0.964 bits per heavy atom. The van der Waals surface area contributed by atoms with Gasteiger partial charge in [-0.25, -0.2) is 19.2 Å². The SMILES string of the molecule is O=C(/C=C/c1ccc(-c2ccc(-c3cccs3)s2)s1)O[N+]1(O)C(=O)CCC1=O. The Bertz CT molecular complexity index is 1060. The highest BCUT2D eigenvalue weighted by atomic mass is 32.1. The molecule has 0 radical (unpaired) electrons. The molecule has 0 saturated carbocycles. The van der Waals surface area contributed by atoms with E-state index in [-0.39, 0.29) is 12.8 Å². The van der Waals surface area contributed by atoms with Gasteiger partial charge in [0.1, 0.15) is 4.81 Å². The first-order chi connectivity index (χ1) is 13.5. The summed E-state index contributed by atoms with van der Waals surface area (Å²) in [6.07, 6.45) is 2.33. The summed E-state index contributed by atoms with van der Waals surface area (Å²) in [7, 11) is 0. The van der Waals surface area contributed by atoms with Crippen LogP contribution in [-0.4, -0.2) is 27.8 Å². The number of carbonyl (C=O) groups is 3. The third-order valence-electron chi connectivity index (χ3n) is 4.07. The van der Waals surface area contributed by atoms with Gasteiger partial charge in [-0.1, -0.05) is 6.07 Å². The quantitative estimate of drug-likeness (QED) is 0.273. The summed E-state index contributed by atoms with van der Waals surface area (Å²) < 4.78 is 0. The number of hydrogen-bond donors (Lipinski definition) is 1. The minimum atomic E-state index is -1.90. The number of thiophene rings is 3. The van der Waals surface area contributed by atoms with Gasteiger partial charge in [-0.15, -0.1) is 34.0 Å². The predicted octanol–water partition coefficient (Wildman–Crippen LogP) is 4.73. The van der Waals surface area contributed by atoms with Gasteiger partial charge in [0.15, 0.2) is 0 Å². The first kappa shape index (κ1) is 18.9. The highest BCUT2D eigenvalue weighted by molar-refractivity contribution is 7.26. The summed E-state index contributed by atoms with van der Waals surface area (Å²) in [6.45, 7) is 0. The van der Waals surface area contributed by atoms with Crippen LogP contribution in [0.5, 0.6) is 0 Å². The van der Waals surface area contributed by atoms with Gasteiger partial charge in [0, 0.05) is 30.5 Å². The van der Waals surface area contributed by atoms with E-state index in [4.69, 9.17) is 0 Å². The fraction of sp³-hybridized carbons (Fsp3) is 0.105. The number of nitrogens with zero attached hydrogens (tertiary/aromatic N) is 1. The molecule has 1 aliphatic rings. The topological polar surface area (TPSA) is 80.7 Å². The normalized spacial score (nSPS) is 16.2. The average molecular weight is 433 g/mol. The lowest BCUT2D eigenvalue weighted by Gasteiger charge is -2.14. The van der Waals surface area contributed by atoms with Crippen LogP contribution in [0.4, 0.5) is 0 Å². The van der Waals surface area contributed by atoms with Gasteiger partial charge in [0.25, 0.3) is 0 Å². The summed E-state index contributed by atoms with van der Waals surface area (Å²) in [4.78, 5) is 43.2. The van der Waals surface area contributed by atoms with Crippen molar-refractivity contribution in [3.63, 3.8) is 0 Å². The molecule has 9 heteroatoms. The summed E-state index contributed by atoms with van der Waals surface area (Å²) in [5, 5.41) is 11.9. The molecule has 1 fully saturated rings. The van der Waals surface area contributed by atoms with E-state index in [2.05, 4.69) is 23.0 Å². The molecule has 4 heterocycles. The molecule has 1 aliphatic heterocycles. The van der Waals surface area contributed by atoms with Crippen molar-refractivity contribution in [1.82, 2.24) is 0 Å². The van der Waals surface area contributed by atoms with Gasteiger partial charge in [-0.2, -0.15) is 5.21 Å². The summed E-state index contributed by atoms with van der Waals surface area (Å²) in [6, 6.07) is 12.1. The number of hydroxylamine groups is 4. The van der Waals surface area contributed by atoms with Crippen LogP contribution in [-0.2, 0) is 19.2 Å². The number of hydrogen-bond acceptors (Lipinski definition) is 8. The van der Waals surface area contributed by atoms with E-state index in [1.165, 1.54) is 27.2 Å². The zero-order valence-corrected chi connectivity index (χ0v) is 16.8. The summed E-state index contributed by atoms with van der Waals surface area (Å²) >= 11 is 4.89. The lowest BCUT2D eigenvalue weighted by molar-refractivity contribution is -1.12. The highest BCUT2D eigenvalue weighted by Gasteiger charge is 2.55. The van der Waals surface area contributed by atoms with Gasteiger partial charge < -0.3 is 0 Å². The van der Waals surface area contributed by atoms with E-state index in [9.17, 15) is 19.6 Å². The minimum Gasteiger partial charge on any atom is -0.240 e. The lowest BCUT2D eigenvalue weighted by atomic mass is 10.3. The molecule has 0 aromatic carbocycles. The van der Waals surface area contributed by atoms with Crippen molar-refractivity contribution in [3.8, 4) is 19.5 Å². The molecule has 28 heavy (non-hydrogen) atoms. The summed E-state index contributed by atoms with van der Waals surface area (Å²) in [5.41, 5.74) is 0. The predicted molar refractivity (Wildman–Crippen MR) is 107 cm³/mol. The molecule has 2 amide bonds. The van der Waals surface area contributed by atoms with E-state index in [0.29, 0.717) is 0 Å². The second-order valence-corrected chi connectivity index (χ2v) is 9.10. The maximum Gasteiger partial charge on any atom is 0.397 e. The standard InChI is InChI=1S/C19H14NO5S3/c21-17-8-9-18(22)20(17,24)25-19(23)10-4-12-3-5-15(27-12)16-7-6-14(28-16)13-2-1-11-26-13/h1-7,10-11,24H,8-9H2/q+1/b10-4+. The molecule has 3 aromatic rings. The third kappa shape index (κ3) is 3.62. The zero-order valence-electron chi connectivity index (χ0n) is 14.4. The van der Waals surface area contributed by atoms with Crippen molar-refractivity contribution < 1.29 is 29.2 Å². The number of rotatable bonds is 5. The molecule has 0 unspecified atom stereocenters. The van der Waals surface area contributed by atoms with Crippen LogP contribution in [0.25, 0.3) is 25.6 Å². The van der Waals surface area contributed by atoms with Gasteiger partial charge in [-0.3, -0.25) is 0 Å². The second kappa shape index (κ2) is 7.53. The maximum atomic E-state index is 11.9. The fourth-order valence-corrected chi connectivity index (χ4v) is 5.51. The maximum absolute atomic E-state index is 11.9. The van der Waals surface area contributed by atoms with Crippen molar-refractivity contribution in [3.05, 3.63) is 52.7 Å². The summed E-state index contributed by atoms with van der Waals surface area (Å²) in [5.74, 6) is -2.65. The zero-order chi connectivity index (χ0) is 19.7. The third-order valence-corrected chi connectivity index (χ3v) is 7.47. The number of carbonyl (C=O) groups excluding carboxylic acids is 3. The van der Waals surface area contributed by atoms with Gasteiger partial charge in [0.05, 0.1) is 12.8 Å². The molecule has 1 N–H and O–H groups in total. The molecule has 4 rings (SSSR count). The van der Waals surface area contributed by atoms with E-state index >= 15 is 0 Å². The molecular weight excluding hydrogens is 418 g/mol. The molecular formula is C19H14NO5S3+. The van der Waals surface area contributed by atoms with E-state index in [1.807, 2.05) is 23.6 Å². The number of imide groups is 1. The van der Waals surface area contributed by atoms with Gasteiger partial charge in [0.2, 0.25) is 0 Å². The number of amides is 2. The Morgan fingerprint density at radius 2 is 1.61 bits per heavy atom. The Kier molecular flexibility index (Phi) is 5.09. The smallest absolute Gasteiger partial charge is 0.240 e. The molecule has 1 saturated heterocycles. The van der Waals surface area contributed by atoms with E-state index in [1.54, 1.807) is 22.7 Å². The molecule has 6 nitrogen and oxygen atoms in total. The van der Waals surface area contributed by atoms with Crippen molar-refractivity contribution in [2.24, 2.45) is 0 Å². The molecule has 0 atom stereocenters. The average Bonchev–Trinajstić information content (AvgIpc) is 3.45. The van der Waals surface area contributed by atoms with Gasteiger partial charge >= 0.3 is 17.8 Å². The van der Waals surface area contributed by atoms with Crippen LogP contribution in [0, 0.1) is 0 Å². The van der Waals surface area contributed by atoms with Crippen LogP contribution < -0.4 is 0 Å². The first-order valence-electron chi connectivity index (χ1n) is 8.30. The molecule has 0 spiro atoms. The largest absolute Gasteiger partial charge is 0.397 e. The van der Waals surface area contributed by atoms with Crippen LogP contribution in [0.2, 0.25) is 0 Å². The van der Waals surface area contributed by atoms with Crippen molar-refractivity contribution in [1.29, 1.82) is 0 Å². The molecule has 142 valence electrons. The van der Waals surface area contributed by atoms with Crippen LogP contribution >= 0.6 is 34.0 Å².